The predicted octanol–water partition coefficient (Wildman–Crippen LogP) is 2.97. The molecular formula is C16H23F2NO2. The topological polar surface area (TPSA) is 41.5 Å². The fourth-order valence-electron chi connectivity index (χ4n) is 2.73. The number of halogens is 2. The highest BCUT2D eigenvalue weighted by atomic mass is 19.3. The highest BCUT2D eigenvalue weighted by molar-refractivity contribution is 5.27. The van der Waals surface area contributed by atoms with Gasteiger partial charge in [-0.25, -0.2) is 8.78 Å². The lowest BCUT2D eigenvalue weighted by atomic mass is 9.87. The van der Waals surface area contributed by atoms with Gasteiger partial charge in [0, 0.05) is 6.54 Å². The maximum Gasteiger partial charge on any atom is 0.272 e. The summed E-state index contributed by atoms with van der Waals surface area (Å²) in [5, 5.41) is 13.0. The third-order valence-corrected chi connectivity index (χ3v) is 3.82. The van der Waals surface area contributed by atoms with Crippen molar-refractivity contribution in [2.24, 2.45) is 5.92 Å². The highest BCUT2D eigenvalue weighted by Crippen LogP contribution is 2.23. The van der Waals surface area contributed by atoms with Gasteiger partial charge in [-0.3, -0.25) is 0 Å². The lowest BCUT2D eigenvalue weighted by Crippen LogP contribution is -2.28. The number of ether oxygens (including phenoxy) is 1. The predicted molar refractivity (Wildman–Crippen MR) is 77.6 cm³/mol. The summed E-state index contributed by atoms with van der Waals surface area (Å²) in [6, 6.07) is 7.18. The summed E-state index contributed by atoms with van der Waals surface area (Å²) in [4.78, 5) is 0. The van der Waals surface area contributed by atoms with E-state index in [-0.39, 0.29) is 6.10 Å². The van der Waals surface area contributed by atoms with Crippen LogP contribution in [0.25, 0.3) is 0 Å². The minimum Gasteiger partial charge on any atom is -0.488 e. The SMILES string of the molecule is OC1CCCC(CNCc2ccc(OCC(F)F)cc2)C1. The molecule has 1 aliphatic carbocycles. The van der Waals surface area contributed by atoms with E-state index >= 15 is 0 Å². The number of aliphatic hydroxyl groups excluding tert-OH is 1. The van der Waals surface area contributed by atoms with E-state index in [1.807, 2.05) is 12.1 Å². The number of hydrogen-bond donors (Lipinski definition) is 2. The van der Waals surface area contributed by atoms with Gasteiger partial charge in [0.1, 0.15) is 12.4 Å². The first kappa shape index (κ1) is 16.2. The van der Waals surface area contributed by atoms with Crippen LogP contribution < -0.4 is 10.1 Å². The first-order valence-corrected chi connectivity index (χ1v) is 7.52. The van der Waals surface area contributed by atoms with Crippen LogP contribution in [0.15, 0.2) is 24.3 Å². The van der Waals surface area contributed by atoms with Crippen molar-refractivity contribution in [1.29, 1.82) is 0 Å². The zero-order valence-electron chi connectivity index (χ0n) is 12.1. The van der Waals surface area contributed by atoms with E-state index in [0.29, 0.717) is 11.7 Å². The summed E-state index contributed by atoms with van der Waals surface area (Å²) < 4.78 is 29.0. The molecule has 1 aromatic carbocycles. The van der Waals surface area contributed by atoms with Crippen molar-refractivity contribution in [1.82, 2.24) is 5.32 Å². The molecule has 2 N–H and O–H groups in total. The molecule has 2 unspecified atom stereocenters. The van der Waals surface area contributed by atoms with Crippen molar-refractivity contribution >= 4 is 0 Å². The van der Waals surface area contributed by atoms with Gasteiger partial charge in [-0.1, -0.05) is 18.6 Å². The monoisotopic (exact) mass is 299 g/mol. The number of rotatable bonds is 7. The van der Waals surface area contributed by atoms with E-state index in [1.54, 1.807) is 12.1 Å². The number of benzene rings is 1. The summed E-state index contributed by atoms with van der Waals surface area (Å²) in [5.74, 6) is 1.01. The molecule has 1 fully saturated rings. The summed E-state index contributed by atoms with van der Waals surface area (Å²) in [6.07, 6.45) is 1.49. The average molecular weight is 299 g/mol. The summed E-state index contributed by atoms with van der Waals surface area (Å²) in [5.41, 5.74) is 1.09. The van der Waals surface area contributed by atoms with Gasteiger partial charge in [-0.2, -0.15) is 0 Å². The fourth-order valence-corrected chi connectivity index (χ4v) is 2.73. The molecule has 0 spiro atoms. The van der Waals surface area contributed by atoms with E-state index in [1.165, 1.54) is 6.42 Å². The lowest BCUT2D eigenvalue weighted by Gasteiger charge is -2.26. The molecular weight excluding hydrogens is 276 g/mol. The Labute approximate surface area is 124 Å². The first-order chi connectivity index (χ1) is 10.1. The maximum absolute atomic E-state index is 12.0. The van der Waals surface area contributed by atoms with E-state index in [9.17, 15) is 13.9 Å². The van der Waals surface area contributed by atoms with Crippen molar-refractivity contribution in [2.45, 2.75) is 44.8 Å². The minimum absolute atomic E-state index is 0.142. The summed E-state index contributed by atoms with van der Waals surface area (Å²) >= 11 is 0. The average Bonchev–Trinajstić information content (AvgIpc) is 2.46. The largest absolute Gasteiger partial charge is 0.488 e. The molecule has 0 bridgehead atoms. The number of aliphatic hydroxyl groups is 1. The van der Waals surface area contributed by atoms with Crippen LogP contribution >= 0.6 is 0 Å². The Balaban J connectivity index is 1.68. The molecule has 0 amide bonds. The van der Waals surface area contributed by atoms with E-state index in [2.05, 4.69) is 5.32 Å². The zero-order chi connectivity index (χ0) is 15.1. The Hall–Kier alpha value is -1.20. The van der Waals surface area contributed by atoms with Crippen LogP contribution in [0.1, 0.15) is 31.2 Å². The van der Waals surface area contributed by atoms with E-state index < -0.39 is 13.0 Å². The second-order valence-electron chi connectivity index (χ2n) is 5.66. The first-order valence-electron chi connectivity index (χ1n) is 7.52. The van der Waals surface area contributed by atoms with Crippen molar-refractivity contribution < 1.29 is 18.6 Å². The van der Waals surface area contributed by atoms with Gasteiger partial charge in [0.15, 0.2) is 0 Å². The van der Waals surface area contributed by atoms with Crippen molar-refractivity contribution in [2.75, 3.05) is 13.2 Å². The molecule has 0 heterocycles. The van der Waals surface area contributed by atoms with E-state index in [0.717, 1.165) is 37.9 Å². The Bertz CT molecular complexity index is 411. The Morgan fingerprint density at radius 3 is 2.67 bits per heavy atom. The molecule has 0 saturated heterocycles. The molecule has 1 aromatic rings. The smallest absolute Gasteiger partial charge is 0.272 e. The van der Waals surface area contributed by atoms with Gasteiger partial charge in [-0.05, 0) is 49.4 Å². The molecule has 0 aromatic heterocycles. The molecule has 118 valence electrons. The van der Waals surface area contributed by atoms with Crippen LogP contribution in [-0.2, 0) is 6.54 Å². The zero-order valence-corrected chi connectivity index (χ0v) is 12.1. The lowest BCUT2D eigenvalue weighted by molar-refractivity contribution is 0.0819. The van der Waals surface area contributed by atoms with Gasteiger partial charge in [0.05, 0.1) is 6.10 Å². The normalized spacial score (nSPS) is 22.5. The van der Waals surface area contributed by atoms with Gasteiger partial charge < -0.3 is 15.2 Å². The standard InChI is InChI=1S/C16H23F2NO2/c17-16(18)11-21-15-6-4-12(5-7-15)9-19-10-13-2-1-3-14(20)8-13/h4-7,13-14,16,19-20H,1-3,8-11H2. The number of hydrogen-bond acceptors (Lipinski definition) is 3. The highest BCUT2D eigenvalue weighted by Gasteiger charge is 2.19. The van der Waals surface area contributed by atoms with Crippen LogP contribution in [0.4, 0.5) is 8.78 Å². The third-order valence-electron chi connectivity index (χ3n) is 3.82. The van der Waals surface area contributed by atoms with Gasteiger partial charge in [-0.15, -0.1) is 0 Å². The van der Waals surface area contributed by atoms with Crippen molar-refractivity contribution in [3.63, 3.8) is 0 Å². The van der Waals surface area contributed by atoms with Crippen LogP contribution in [0.3, 0.4) is 0 Å². The molecule has 21 heavy (non-hydrogen) atoms. The van der Waals surface area contributed by atoms with Crippen molar-refractivity contribution in [3.8, 4) is 5.75 Å². The second kappa shape index (κ2) is 8.29. The molecule has 2 atom stereocenters. The fraction of sp³-hybridized carbons (Fsp3) is 0.625. The number of alkyl halides is 2. The maximum atomic E-state index is 12.0. The molecule has 1 saturated carbocycles. The minimum atomic E-state index is -2.45. The van der Waals surface area contributed by atoms with Gasteiger partial charge in [0.25, 0.3) is 6.43 Å². The van der Waals surface area contributed by atoms with Gasteiger partial charge in [0.2, 0.25) is 0 Å². The Morgan fingerprint density at radius 1 is 1.24 bits per heavy atom. The molecule has 0 aliphatic heterocycles. The molecule has 2 rings (SSSR count). The van der Waals surface area contributed by atoms with Crippen LogP contribution in [0, 0.1) is 5.92 Å². The quantitative estimate of drug-likeness (QED) is 0.813. The third kappa shape index (κ3) is 5.98. The van der Waals surface area contributed by atoms with Crippen LogP contribution in [0.2, 0.25) is 0 Å². The Kier molecular flexibility index (Phi) is 6.39. The molecule has 1 aliphatic rings. The van der Waals surface area contributed by atoms with Gasteiger partial charge >= 0.3 is 0 Å². The van der Waals surface area contributed by atoms with Crippen LogP contribution in [0.5, 0.6) is 5.75 Å². The summed E-state index contributed by atoms with van der Waals surface area (Å²) in [7, 11) is 0. The molecule has 3 nitrogen and oxygen atoms in total. The Morgan fingerprint density at radius 2 is 2.00 bits per heavy atom. The second-order valence-corrected chi connectivity index (χ2v) is 5.66. The molecule has 5 heteroatoms. The van der Waals surface area contributed by atoms with Crippen molar-refractivity contribution in [3.05, 3.63) is 29.8 Å². The molecule has 0 radical (unpaired) electrons. The summed E-state index contributed by atoms with van der Waals surface area (Å²) in [6.45, 7) is 1.07. The van der Waals surface area contributed by atoms with Crippen LogP contribution in [-0.4, -0.2) is 30.8 Å². The van der Waals surface area contributed by atoms with E-state index in [4.69, 9.17) is 4.74 Å². The number of nitrogens with one attached hydrogen (secondary N) is 1.